The zero-order valence-electron chi connectivity index (χ0n) is 4.72. The fraction of sp³-hybridized carbons (Fsp3) is 0.800. The van der Waals surface area contributed by atoms with Gasteiger partial charge >= 0.3 is 5.97 Å². The van der Waals surface area contributed by atoms with Crippen LogP contribution in [0, 0.1) is 5.92 Å². The van der Waals surface area contributed by atoms with Crippen LogP contribution in [-0.2, 0) is 14.3 Å². The molecule has 0 aromatic heterocycles. The first-order chi connectivity index (χ1) is 3.80. The summed E-state index contributed by atoms with van der Waals surface area (Å²) < 4.78 is 9.34. The molecular weight excluding hydrogens is 108 g/mol. The highest BCUT2D eigenvalue weighted by atomic mass is 16.7. The minimum atomic E-state index is -0.156. The molecule has 1 saturated heterocycles. The van der Waals surface area contributed by atoms with Gasteiger partial charge in [-0.2, -0.15) is 0 Å². The minimum Gasteiger partial charge on any atom is -0.438 e. The summed E-state index contributed by atoms with van der Waals surface area (Å²) in [6.45, 7) is 2.41. The highest BCUT2D eigenvalue weighted by Gasteiger charge is 2.18. The Balaban J connectivity index is 2.39. The molecule has 1 unspecified atom stereocenters. The van der Waals surface area contributed by atoms with Gasteiger partial charge in [-0.15, -0.1) is 0 Å². The maximum absolute atomic E-state index is 10.5. The van der Waals surface area contributed by atoms with E-state index in [4.69, 9.17) is 4.74 Å². The quantitative estimate of drug-likeness (QED) is 0.423. The van der Waals surface area contributed by atoms with Crippen molar-refractivity contribution in [2.75, 3.05) is 13.4 Å². The van der Waals surface area contributed by atoms with Crippen molar-refractivity contribution in [3.63, 3.8) is 0 Å². The van der Waals surface area contributed by atoms with Crippen molar-refractivity contribution in [1.29, 1.82) is 0 Å². The molecule has 1 aliphatic heterocycles. The van der Waals surface area contributed by atoms with Crippen LogP contribution in [0.5, 0.6) is 0 Å². The summed E-state index contributed by atoms with van der Waals surface area (Å²) in [5.41, 5.74) is 0. The largest absolute Gasteiger partial charge is 0.438 e. The molecule has 0 bridgehead atoms. The van der Waals surface area contributed by atoms with E-state index in [1.807, 2.05) is 0 Å². The molecule has 8 heavy (non-hydrogen) atoms. The Kier molecular flexibility index (Phi) is 1.48. The number of carbonyl (C=O) groups is 1. The van der Waals surface area contributed by atoms with Crippen LogP contribution in [0.25, 0.3) is 0 Å². The summed E-state index contributed by atoms with van der Waals surface area (Å²) in [4.78, 5) is 10.5. The molecule has 1 rings (SSSR count). The second-order valence-corrected chi connectivity index (χ2v) is 1.85. The molecule has 1 atom stereocenters. The third-order valence-electron chi connectivity index (χ3n) is 1.05. The van der Waals surface area contributed by atoms with Crippen LogP contribution < -0.4 is 0 Å². The Bertz CT molecular complexity index is 99.8. The number of cyclic esters (lactones) is 1. The van der Waals surface area contributed by atoms with Gasteiger partial charge in [0, 0.05) is 0 Å². The topological polar surface area (TPSA) is 35.5 Å². The average molecular weight is 116 g/mol. The van der Waals surface area contributed by atoms with Gasteiger partial charge in [-0.05, 0) is 6.92 Å². The van der Waals surface area contributed by atoms with Crippen LogP contribution in [0.1, 0.15) is 6.92 Å². The van der Waals surface area contributed by atoms with E-state index in [9.17, 15) is 4.79 Å². The van der Waals surface area contributed by atoms with Crippen molar-refractivity contribution < 1.29 is 14.3 Å². The van der Waals surface area contributed by atoms with Crippen LogP contribution in [0.2, 0.25) is 0 Å². The third-order valence-corrected chi connectivity index (χ3v) is 1.05. The van der Waals surface area contributed by atoms with Crippen molar-refractivity contribution in [2.24, 2.45) is 5.92 Å². The predicted octanol–water partition coefficient (Wildman–Crippen LogP) is 0.153. The summed E-state index contributed by atoms with van der Waals surface area (Å²) in [5, 5.41) is 0. The van der Waals surface area contributed by atoms with Crippen LogP contribution >= 0.6 is 0 Å². The van der Waals surface area contributed by atoms with Gasteiger partial charge in [0.25, 0.3) is 0 Å². The molecule has 0 radical (unpaired) electrons. The molecule has 3 heteroatoms. The van der Waals surface area contributed by atoms with E-state index in [0.717, 1.165) is 0 Å². The van der Waals surface area contributed by atoms with Gasteiger partial charge in [0.2, 0.25) is 0 Å². The van der Waals surface area contributed by atoms with Crippen molar-refractivity contribution >= 4 is 5.97 Å². The number of hydrogen-bond acceptors (Lipinski definition) is 3. The maximum atomic E-state index is 10.5. The third kappa shape index (κ3) is 0.980. The number of carbonyl (C=O) groups excluding carboxylic acids is 1. The summed E-state index contributed by atoms with van der Waals surface area (Å²) in [6.07, 6.45) is 0. The monoisotopic (exact) mass is 116 g/mol. The Morgan fingerprint density at radius 3 is 2.88 bits per heavy atom. The van der Waals surface area contributed by atoms with E-state index in [0.29, 0.717) is 6.61 Å². The fourth-order valence-corrected chi connectivity index (χ4v) is 0.535. The van der Waals surface area contributed by atoms with E-state index in [2.05, 4.69) is 4.74 Å². The Hall–Kier alpha value is -0.570. The van der Waals surface area contributed by atoms with Gasteiger partial charge in [-0.1, -0.05) is 0 Å². The molecular formula is C5H8O3. The second kappa shape index (κ2) is 2.13. The lowest BCUT2D eigenvalue weighted by Gasteiger charge is -2.16. The van der Waals surface area contributed by atoms with Crippen molar-refractivity contribution in [2.45, 2.75) is 6.92 Å². The van der Waals surface area contributed by atoms with Crippen LogP contribution in [0.4, 0.5) is 0 Å². The van der Waals surface area contributed by atoms with Crippen molar-refractivity contribution in [1.82, 2.24) is 0 Å². The van der Waals surface area contributed by atoms with Crippen LogP contribution in [-0.4, -0.2) is 19.4 Å². The first-order valence-corrected chi connectivity index (χ1v) is 2.55. The molecule has 1 aliphatic rings. The molecule has 0 amide bonds. The fourth-order valence-electron chi connectivity index (χ4n) is 0.535. The molecule has 0 aromatic carbocycles. The highest BCUT2D eigenvalue weighted by Crippen LogP contribution is 2.04. The average Bonchev–Trinajstić information content (AvgIpc) is 1.77. The second-order valence-electron chi connectivity index (χ2n) is 1.85. The lowest BCUT2D eigenvalue weighted by molar-refractivity contribution is -0.177. The van der Waals surface area contributed by atoms with E-state index < -0.39 is 0 Å². The lowest BCUT2D eigenvalue weighted by Crippen LogP contribution is -2.27. The Morgan fingerprint density at radius 1 is 1.75 bits per heavy atom. The maximum Gasteiger partial charge on any atom is 0.313 e. The van der Waals surface area contributed by atoms with E-state index >= 15 is 0 Å². The van der Waals surface area contributed by atoms with E-state index in [-0.39, 0.29) is 18.7 Å². The summed E-state index contributed by atoms with van der Waals surface area (Å²) in [6, 6.07) is 0. The van der Waals surface area contributed by atoms with Crippen molar-refractivity contribution in [3.05, 3.63) is 0 Å². The number of rotatable bonds is 0. The van der Waals surface area contributed by atoms with Crippen molar-refractivity contribution in [3.8, 4) is 0 Å². The summed E-state index contributed by atoms with van der Waals surface area (Å²) in [5.74, 6) is -0.236. The standard InChI is InChI=1S/C5H8O3/c1-4-2-7-3-8-5(4)6/h4H,2-3H2,1H3. The molecule has 0 aromatic rings. The molecule has 0 N–H and O–H groups in total. The normalized spacial score (nSPS) is 29.6. The smallest absolute Gasteiger partial charge is 0.313 e. The first-order valence-electron chi connectivity index (χ1n) is 2.55. The SMILES string of the molecule is CC1COCOC1=O. The van der Waals surface area contributed by atoms with Crippen LogP contribution in [0.15, 0.2) is 0 Å². The van der Waals surface area contributed by atoms with Gasteiger partial charge in [0.1, 0.15) is 0 Å². The summed E-state index contributed by atoms with van der Waals surface area (Å²) >= 11 is 0. The van der Waals surface area contributed by atoms with E-state index in [1.54, 1.807) is 6.92 Å². The Labute approximate surface area is 47.6 Å². The lowest BCUT2D eigenvalue weighted by atomic mass is 10.2. The molecule has 3 nitrogen and oxygen atoms in total. The molecule has 1 heterocycles. The van der Waals surface area contributed by atoms with Gasteiger partial charge in [-0.25, -0.2) is 0 Å². The molecule has 1 fully saturated rings. The van der Waals surface area contributed by atoms with Crippen LogP contribution in [0.3, 0.4) is 0 Å². The number of ether oxygens (including phenoxy) is 2. The predicted molar refractivity (Wildman–Crippen MR) is 26.1 cm³/mol. The molecule has 0 spiro atoms. The number of hydrogen-bond donors (Lipinski definition) is 0. The van der Waals surface area contributed by atoms with E-state index in [1.165, 1.54) is 0 Å². The van der Waals surface area contributed by atoms with Gasteiger partial charge < -0.3 is 9.47 Å². The Morgan fingerprint density at radius 2 is 2.50 bits per heavy atom. The highest BCUT2D eigenvalue weighted by molar-refractivity contribution is 5.72. The molecule has 46 valence electrons. The van der Waals surface area contributed by atoms with Gasteiger partial charge in [0.05, 0.1) is 12.5 Å². The number of esters is 1. The van der Waals surface area contributed by atoms with Gasteiger partial charge in [0.15, 0.2) is 6.79 Å². The van der Waals surface area contributed by atoms with Gasteiger partial charge in [-0.3, -0.25) is 4.79 Å². The zero-order valence-corrected chi connectivity index (χ0v) is 4.72. The zero-order chi connectivity index (χ0) is 5.98. The minimum absolute atomic E-state index is 0.0799. The first kappa shape index (κ1) is 5.56. The molecule has 0 aliphatic carbocycles. The summed E-state index contributed by atoms with van der Waals surface area (Å²) in [7, 11) is 0. The molecule has 0 saturated carbocycles.